The number of carbonyl (C=O) groups is 2. The van der Waals surface area contributed by atoms with E-state index in [9.17, 15) is 9.59 Å². The number of rotatable bonds is 10. The SMILES string of the molecule is CC[C@@H](C)Nc1nc(NC(C)C)nc(Oc2ccc(C(=O)O[C@@H](C)C(=O)OC)cc2)n1. The predicted octanol–water partition coefficient (Wildman–Crippen LogP) is 3.41. The minimum atomic E-state index is -0.998. The normalized spacial score (nSPS) is 12.6. The topological polar surface area (TPSA) is 125 Å². The summed E-state index contributed by atoms with van der Waals surface area (Å²) in [6.45, 7) is 9.48. The third-order valence-electron chi connectivity index (χ3n) is 4.14. The van der Waals surface area contributed by atoms with Crippen LogP contribution in [0.25, 0.3) is 0 Å². The van der Waals surface area contributed by atoms with Crippen molar-refractivity contribution in [2.24, 2.45) is 0 Å². The lowest BCUT2D eigenvalue weighted by Gasteiger charge is -2.15. The molecular formula is C21H29N5O5. The summed E-state index contributed by atoms with van der Waals surface area (Å²) in [5.74, 6) is -0.0557. The number of ether oxygens (including phenoxy) is 3. The molecule has 0 aliphatic rings. The highest BCUT2D eigenvalue weighted by Gasteiger charge is 2.19. The van der Waals surface area contributed by atoms with E-state index in [1.807, 2.05) is 20.8 Å². The summed E-state index contributed by atoms with van der Waals surface area (Å²) in [7, 11) is 1.23. The predicted molar refractivity (Wildman–Crippen MR) is 115 cm³/mol. The Bertz CT molecular complexity index is 888. The molecule has 2 atom stereocenters. The average Bonchev–Trinajstić information content (AvgIpc) is 2.72. The lowest BCUT2D eigenvalue weighted by Crippen LogP contribution is -2.25. The Kier molecular flexibility index (Phi) is 8.53. The fraction of sp³-hybridized carbons (Fsp3) is 0.476. The van der Waals surface area contributed by atoms with Gasteiger partial charge in [-0.05, 0) is 58.4 Å². The van der Waals surface area contributed by atoms with Gasteiger partial charge in [0.25, 0.3) is 0 Å². The van der Waals surface area contributed by atoms with E-state index in [0.717, 1.165) is 6.42 Å². The number of methoxy groups -OCH3 is 1. The Morgan fingerprint density at radius 1 is 0.968 bits per heavy atom. The van der Waals surface area contributed by atoms with Gasteiger partial charge in [-0.2, -0.15) is 15.0 Å². The second-order valence-corrected chi connectivity index (χ2v) is 7.22. The van der Waals surface area contributed by atoms with Crippen LogP contribution in [-0.2, 0) is 14.3 Å². The molecule has 10 nitrogen and oxygen atoms in total. The first-order valence-electron chi connectivity index (χ1n) is 10.1. The van der Waals surface area contributed by atoms with Crippen LogP contribution in [0.3, 0.4) is 0 Å². The van der Waals surface area contributed by atoms with E-state index in [4.69, 9.17) is 9.47 Å². The summed E-state index contributed by atoms with van der Waals surface area (Å²) in [5.41, 5.74) is 0.264. The van der Waals surface area contributed by atoms with Gasteiger partial charge in [-0.25, -0.2) is 9.59 Å². The Morgan fingerprint density at radius 2 is 1.58 bits per heavy atom. The van der Waals surface area contributed by atoms with Gasteiger partial charge >= 0.3 is 17.9 Å². The molecule has 0 fully saturated rings. The van der Waals surface area contributed by atoms with Gasteiger partial charge in [-0.1, -0.05) is 6.92 Å². The maximum absolute atomic E-state index is 12.1. The van der Waals surface area contributed by atoms with Gasteiger partial charge in [0, 0.05) is 12.1 Å². The van der Waals surface area contributed by atoms with E-state index < -0.39 is 18.0 Å². The first-order valence-corrected chi connectivity index (χ1v) is 10.1. The number of hydrogen-bond acceptors (Lipinski definition) is 10. The van der Waals surface area contributed by atoms with Gasteiger partial charge in [0.1, 0.15) is 5.75 Å². The zero-order chi connectivity index (χ0) is 23.0. The first-order chi connectivity index (χ1) is 14.7. The molecule has 0 amide bonds. The summed E-state index contributed by atoms with van der Waals surface area (Å²) >= 11 is 0. The van der Waals surface area contributed by atoms with Crippen LogP contribution in [0.2, 0.25) is 0 Å². The van der Waals surface area contributed by atoms with E-state index in [-0.39, 0.29) is 23.7 Å². The molecule has 31 heavy (non-hydrogen) atoms. The lowest BCUT2D eigenvalue weighted by molar-refractivity contribution is -0.149. The minimum Gasteiger partial charge on any atom is -0.466 e. The van der Waals surface area contributed by atoms with Crippen molar-refractivity contribution in [1.29, 1.82) is 0 Å². The van der Waals surface area contributed by atoms with Crippen LogP contribution < -0.4 is 15.4 Å². The third-order valence-corrected chi connectivity index (χ3v) is 4.14. The zero-order valence-electron chi connectivity index (χ0n) is 18.6. The third kappa shape index (κ3) is 7.40. The average molecular weight is 431 g/mol. The Labute approximate surface area is 181 Å². The Balaban J connectivity index is 2.14. The highest BCUT2D eigenvalue weighted by atomic mass is 16.6. The van der Waals surface area contributed by atoms with Gasteiger partial charge in [0.05, 0.1) is 12.7 Å². The molecule has 2 aromatic rings. The molecule has 0 unspecified atom stereocenters. The van der Waals surface area contributed by atoms with Crippen molar-refractivity contribution in [2.75, 3.05) is 17.7 Å². The number of carbonyl (C=O) groups excluding carboxylic acids is 2. The standard InChI is InChI=1S/C21H29N5O5/c1-7-13(4)23-20-24-19(22-12(2)3)25-21(26-20)31-16-10-8-15(9-11-16)18(28)30-14(5)17(27)29-6/h8-14H,7H2,1-6H3,(H2,22,23,24,25,26)/t13-,14+/m1/s1. The van der Waals surface area contributed by atoms with Crippen LogP contribution in [0.15, 0.2) is 24.3 Å². The van der Waals surface area contributed by atoms with E-state index in [2.05, 4.69) is 37.2 Å². The maximum Gasteiger partial charge on any atom is 0.346 e. The number of nitrogens with zero attached hydrogens (tertiary/aromatic N) is 3. The fourth-order valence-corrected chi connectivity index (χ4v) is 2.32. The molecule has 0 radical (unpaired) electrons. The van der Waals surface area contributed by atoms with E-state index in [0.29, 0.717) is 17.6 Å². The van der Waals surface area contributed by atoms with Gasteiger partial charge in [0.2, 0.25) is 11.9 Å². The molecule has 1 heterocycles. The number of nitrogens with one attached hydrogen (secondary N) is 2. The summed E-state index contributed by atoms with van der Waals surface area (Å²) in [6, 6.07) is 6.63. The summed E-state index contributed by atoms with van der Waals surface area (Å²) < 4.78 is 15.4. The largest absolute Gasteiger partial charge is 0.466 e. The molecule has 10 heteroatoms. The van der Waals surface area contributed by atoms with Crippen LogP contribution in [0, 0.1) is 0 Å². The molecule has 1 aromatic carbocycles. The zero-order valence-corrected chi connectivity index (χ0v) is 18.6. The van der Waals surface area contributed by atoms with Crippen molar-refractivity contribution >= 4 is 23.8 Å². The summed E-state index contributed by atoms with van der Waals surface area (Å²) in [4.78, 5) is 36.5. The van der Waals surface area contributed by atoms with Crippen LogP contribution in [0.4, 0.5) is 11.9 Å². The highest BCUT2D eigenvalue weighted by Crippen LogP contribution is 2.21. The van der Waals surface area contributed by atoms with Crippen molar-refractivity contribution in [1.82, 2.24) is 15.0 Å². The second kappa shape index (κ2) is 11.1. The maximum atomic E-state index is 12.1. The van der Waals surface area contributed by atoms with E-state index >= 15 is 0 Å². The van der Waals surface area contributed by atoms with Crippen molar-refractivity contribution in [2.45, 2.75) is 59.2 Å². The molecule has 0 saturated heterocycles. The molecule has 2 rings (SSSR count). The fourth-order valence-electron chi connectivity index (χ4n) is 2.32. The Morgan fingerprint density at radius 3 is 2.13 bits per heavy atom. The van der Waals surface area contributed by atoms with E-state index in [1.165, 1.54) is 26.2 Å². The van der Waals surface area contributed by atoms with Crippen molar-refractivity contribution in [3.05, 3.63) is 29.8 Å². The van der Waals surface area contributed by atoms with Gasteiger partial charge in [-0.15, -0.1) is 0 Å². The van der Waals surface area contributed by atoms with Gasteiger partial charge in [-0.3, -0.25) is 0 Å². The molecule has 0 spiro atoms. The number of hydrogen-bond donors (Lipinski definition) is 2. The van der Waals surface area contributed by atoms with E-state index in [1.54, 1.807) is 12.1 Å². The number of benzene rings is 1. The highest BCUT2D eigenvalue weighted by molar-refractivity contribution is 5.91. The molecule has 0 aliphatic carbocycles. The number of esters is 2. The molecule has 168 valence electrons. The first kappa shape index (κ1) is 23.8. The van der Waals surface area contributed by atoms with Crippen LogP contribution in [-0.4, -0.2) is 52.2 Å². The number of anilines is 2. The van der Waals surface area contributed by atoms with Gasteiger partial charge in [0.15, 0.2) is 6.10 Å². The molecule has 1 aromatic heterocycles. The molecular weight excluding hydrogens is 402 g/mol. The second-order valence-electron chi connectivity index (χ2n) is 7.22. The molecule has 0 saturated carbocycles. The summed E-state index contributed by atoms with van der Waals surface area (Å²) in [5, 5.41) is 6.34. The molecule has 0 bridgehead atoms. The quantitative estimate of drug-likeness (QED) is 0.541. The van der Waals surface area contributed by atoms with Crippen molar-refractivity contribution < 1.29 is 23.8 Å². The lowest BCUT2D eigenvalue weighted by atomic mass is 10.2. The van der Waals surface area contributed by atoms with Crippen LogP contribution in [0.5, 0.6) is 11.8 Å². The molecule has 2 N–H and O–H groups in total. The summed E-state index contributed by atoms with van der Waals surface area (Å²) in [6.07, 6.45) is -0.0944. The monoisotopic (exact) mass is 431 g/mol. The van der Waals surface area contributed by atoms with Crippen molar-refractivity contribution in [3.8, 4) is 11.8 Å². The van der Waals surface area contributed by atoms with Crippen LogP contribution in [0.1, 0.15) is 51.4 Å². The van der Waals surface area contributed by atoms with Crippen molar-refractivity contribution in [3.63, 3.8) is 0 Å². The minimum absolute atomic E-state index is 0.110. The smallest absolute Gasteiger partial charge is 0.346 e. The van der Waals surface area contributed by atoms with Crippen LogP contribution >= 0.6 is 0 Å². The Hall–Kier alpha value is -3.43. The number of aromatic nitrogens is 3. The van der Waals surface area contributed by atoms with Gasteiger partial charge < -0.3 is 24.8 Å². The molecule has 0 aliphatic heterocycles.